The summed E-state index contributed by atoms with van der Waals surface area (Å²) in [6, 6.07) is 13.2. The van der Waals surface area contributed by atoms with Gasteiger partial charge in [0.05, 0.1) is 18.3 Å². The molecule has 4 nitrogen and oxygen atoms in total. The van der Waals surface area contributed by atoms with Crippen LogP contribution in [0.2, 0.25) is 0 Å². The molecular formula is C35H43NO3S. The second kappa shape index (κ2) is 12.8. The topological polar surface area (TPSA) is 62.8 Å². The van der Waals surface area contributed by atoms with Gasteiger partial charge in [-0.15, -0.1) is 11.3 Å². The highest BCUT2D eigenvalue weighted by Gasteiger charge is 2.45. The maximum Gasteiger partial charge on any atom is 0.147 e. The van der Waals surface area contributed by atoms with E-state index in [1.165, 1.54) is 21.6 Å². The smallest absolute Gasteiger partial charge is 0.147 e. The minimum absolute atomic E-state index is 0.0119. The molecule has 0 amide bonds. The molecule has 0 radical (unpaired) electrons. The Morgan fingerprint density at radius 1 is 1.12 bits per heavy atom. The van der Waals surface area contributed by atoms with Crippen LogP contribution in [0.5, 0.6) is 0 Å². The van der Waals surface area contributed by atoms with Gasteiger partial charge in [0.1, 0.15) is 11.5 Å². The summed E-state index contributed by atoms with van der Waals surface area (Å²) in [6.45, 7) is 8.50. The molecule has 1 aliphatic carbocycles. The van der Waals surface area contributed by atoms with Crippen molar-refractivity contribution in [3.05, 3.63) is 82.8 Å². The monoisotopic (exact) mass is 557 g/mol. The summed E-state index contributed by atoms with van der Waals surface area (Å²) in [6.07, 6.45) is 11.6. The molecule has 40 heavy (non-hydrogen) atoms. The Balaban J connectivity index is 1.23. The predicted octanol–water partition coefficient (Wildman–Crippen LogP) is 8.57. The fraction of sp³-hybridized carbons (Fsp3) is 0.486. The highest BCUT2D eigenvalue weighted by atomic mass is 32.1. The lowest BCUT2D eigenvalue weighted by Gasteiger charge is -2.27. The van der Waals surface area contributed by atoms with Crippen molar-refractivity contribution in [2.45, 2.75) is 84.7 Å². The molecule has 5 atom stereocenters. The zero-order chi connectivity index (χ0) is 28.2. The van der Waals surface area contributed by atoms with E-state index in [1.807, 2.05) is 6.20 Å². The largest absolute Gasteiger partial charge is 0.468 e. The Hall–Kier alpha value is -2.76. The number of ketones is 1. The van der Waals surface area contributed by atoms with Gasteiger partial charge in [-0.3, -0.25) is 9.79 Å². The number of benzene rings is 1. The van der Waals surface area contributed by atoms with Gasteiger partial charge in [-0.05, 0) is 91.1 Å². The Labute approximate surface area is 243 Å². The average Bonchev–Trinajstić information content (AvgIpc) is 3.73. The third kappa shape index (κ3) is 6.26. The van der Waals surface area contributed by atoms with Crippen LogP contribution in [-0.2, 0) is 17.6 Å². The van der Waals surface area contributed by atoms with E-state index in [2.05, 4.69) is 75.5 Å². The van der Waals surface area contributed by atoms with Crippen LogP contribution < -0.4 is 0 Å². The molecule has 0 spiro atoms. The highest BCUT2D eigenvalue weighted by molar-refractivity contribution is 7.13. The molecule has 0 saturated heterocycles. The van der Waals surface area contributed by atoms with Crippen LogP contribution in [0.4, 0.5) is 0 Å². The van der Waals surface area contributed by atoms with Gasteiger partial charge in [-0.25, -0.2) is 0 Å². The fourth-order valence-corrected chi connectivity index (χ4v) is 7.65. The van der Waals surface area contributed by atoms with Crippen molar-refractivity contribution in [3.8, 4) is 10.4 Å². The van der Waals surface area contributed by atoms with Crippen molar-refractivity contribution in [2.75, 3.05) is 0 Å². The Kier molecular flexibility index (Phi) is 9.22. The van der Waals surface area contributed by atoms with Crippen molar-refractivity contribution >= 4 is 22.8 Å². The van der Waals surface area contributed by atoms with Gasteiger partial charge in [0.25, 0.3) is 0 Å². The fourth-order valence-electron chi connectivity index (χ4n) is 6.72. The third-order valence-corrected chi connectivity index (χ3v) is 9.82. The molecule has 3 heterocycles. The lowest BCUT2D eigenvalue weighted by molar-refractivity contribution is -0.126. The number of Topliss-reactive ketones (excluding diaryl/α,β-unsaturated/α-hetero) is 1. The van der Waals surface area contributed by atoms with E-state index in [0.29, 0.717) is 12.8 Å². The molecule has 2 aliphatic rings. The summed E-state index contributed by atoms with van der Waals surface area (Å²) in [4.78, 5) is 20.2. The molecule has 1 saturated carbocycles. The Morgan fingerprint density at radius 3 is 2.62 bits per heavy atom. The van der Waals surface area contributed by atoms with Gasteiger partial charge in [-0.1, -0.05) is 57.5 Å². The second-order valence-corrected chi connectivity index (χ2v) is 13.0. The van der Waals surface area contributed by atoms with E-state index < -0.39 is 6.10 Å². The van der Waals surface area contributed by atoms with Gasteiger partial charge >= 0.3 is 0 Å². The van der Waals surface area contributed by atoms with Crippen LogP contribution >= 0.6 is 11.3 Å². The lowest BCUT2D eigenvalue weighted by atomic mass is 9.75. The summed E-state index contributed by atoms with van der Waals surface area (Å²) in [5.41, 5.74) is 6.21. The molecule has 1 fully saturated rings. The molecular weight excluding hydrogens is 514 g/mol. The minimum Gasteiger partial charge on any atom is -0.468 e. The summed E-state index contributed by atoms with van der Waals surface area (Å²) < 4.78 is 5.93. The molecule has 2 aromatic heterocycles. The normalized spacial score (nSPS) is 23.2. The van der Waals surface area contributed by atoms with Gasteiger partial charge in [-0.2, -0.15) is 0 Å². The minimum atomic E-state index is -0.464. The summed E-state index contributed by atoms with van der Waals surface area (Å²) in [5, 5.41) is 12.9. The van der Waals surface area contributed by atoms with E-state index >= 15 is 0 Å². The standard InChI is InChI=1S/C35H43NO3S/c1-5-7-25-18-31(39-21-25)32(22(2)3)34(38)30-20-28(37)19-29(30)33-26(14-16-36-33)9-6-8-24-10-12-27(13-11-24)35-23(4)15-17-40-35/h10-18,21-22,26,28-30,32,37H,5-9,19-20H2,1-4H3/t26?,28-,29-,30?,32?/m1/s1. The first-order chi connectivity index (χ1) is 19.4. The van der Waals surface area contributed by atoms with Crippen LogP contribution in [0.25, 0.3) is 10.4 Å². The first-order valence-corrected chi connectivity index (χ1v) is 15.9. The maximum atomic E-state index is 14.1. The number of furan rings is 1. The van der Waals surface area contributed by atoms with E-state index in [0.717, 1.165) is 49.1 Å². The Morgan fingerprint density at radius 2 is 1.93 bits per heavy atom. The molecule has 5 rings (SSSR count). The Bertz CT molecular complexity index is 1340. The zero-order valence-electron chi connectivity index (χ0n) is 24.3. The van der Waals surface area contributed by atoms with Crippen molar-refractivity contribution in [2.24, 2.45) is 28.7 Å². The maximum absolute atomic E-state index is 14.1. The number of hydrogen-bond acceptors (Lipinski definition) is 5. The number of aliphatic hydroxyl groups is 1. The zero-order valence-corrected chi connectivity index (χ0v) is 25.1. The number of rotatable bonds is 12. The van der Waals surface area contributed by atoms with E-state index in [9.17, 15) is 9.90 Å². The summed E-state index contributed by atoms with van der Waals surface area (Å²) >= 11 is 1.79. The highest BCUT2D eigenvalue weighted by Crippen LogP contribution is 2.42. The third-order valence-electron chi connectivity index (χ3n) is 8.76. The molecule has 1 aliphatic heterocycles. The van der Waals surface area contributed by atoms with Crippen LogP contribution in [0.3, 0.4) is 0 Å². The molecule has 1 N–H and O–H groups in total. The van der Waals surface area contributed by atoms with Crippen molar-refractivity contribution in [1.29, 1.82) is 0 Å². The number of aliphatic imine (C=N–C) groups is 1. The van der Waals surface area contributed by atoms with Crippen molar-refractivity contribution in [1.82, 2.24) is 0 Å². The molecule has 0 bridgehead atoms. The second-order valence-electron chi connectivity index (χ2n) is 12.1. The van der Waals surface area contributed by atoms with Gasteiger partial charge in [0, 0.05) is 34.5 Å². The number of thiophene rings is 1. The van der Waals surface area contributed by atoms with Gasteiger partial charge < -0.3 is 9.52 Å². The lowest BCUT2D eigenvalue weighted by Crippen LogP contribution is -2.33. The van der Waals surface area contributed by atoms with Crippen molar-refractivity contribution < 1.29 is 14.3 Å². The average molecular weight is 558 g/mol. The first-order valence-electron chi connectivity index (χ1n) is 15.0. The number of carbonyl (C=O) groups is 1. The number of aliphatic hydroxyl groups excluding tert-OH is 1. The number of hydrogen-bond donors (Lipinski definition) is 1. The SMILES string of the molecule is CCCc1coc(C(C(=O)C2C[C@H](O)C[C@H]2C2=NC=CC2CCCc2ccc(-c3sccc3C)cc2)C(C)C)c1. The molecule has 3 unspecified atom stereocenters. The number of aryl methyl sites for hydroxylation is 3. The van der Waals surface area contributed by atoms with E-state index in [-0.39, 0.29) is 35.4 Å². The predicted molar refractivity (Wildman–Crippen MR) is 165 cm³/mol. The molecule has 3 aromatic rings. The number of allylic oxidation sites excluding steroid dienone is 1. The van der Waals surface area contributed by atoms with Crippen LogP contribution in [0.1, 0.15) is 81.2 Å². The van der Waals surface area contributed by atoms with Gasteiger partial charge in [0.2, 0.25) is 0 Å². The van der Waals surface area contributed by atoms with E-state index in [1.54, 1.807) is 17.6 Å². The summed E-state index contributed by atoms with van der Waals surface area (Å²) in [5.74, 6) is 0.795. The number of nitrogens with zero attached hydrogens (tertiary/aromatic N) is 1. The molecule has 212 valence electrons. The van der Waals surface area contributed by atoms with Crippen molar-refractivity contribution in [3.63, 3.8) is 0 Å². The van der Waals surface area contributed by atoms with Crippen LogP contribution in [0, 0.1) is 30.6 Å². The van der Waals surface area contributed by atoms with Crippen LogP contribution in [0.15, 0.2) is 69.7 Å². The first kappa shape index (κ1) is 28.8. The number of carbonyl (C=O) groups excluding carboxylic acids is 1. The summed E-state index contributed by atoms with van der Waals surface area (Å²) in [7, 11) is 0. The van der Waals surface area contributed by atoms with E-state index in [4.69, 9.17) is 9.41 Å². The molecule has 5 heteroatoms. The molecule has 1 aromatic carbocycles. The van der Waals surface area contributed by atoms with Crippen LogP contribution in [-0.4, -0.2) is 22.7 Å². The van der Waals surface area contributed by atoms with Gasteiger partial charge in [0.15, 0.2) is 0 Å². The quantitative estimate of drug-likeness (QED) is 0.243.